The van der Waals surface area contributed by atoms with Crippen LogP contribution in [0.4, 0.5) is 5.69 Å². The quantitative estimate of drug-likeness (QED) is 0.942. The summed E-state index contributed by atoms with van der Waals surface area (Å²) in [5.41, 5.74) is 4.36. The van der Waals surface area contributed by atoms with Crippen LogP contribution in [0.1, 0.15) is 12.0 Å². The second kappa shape index (κ2) is 5.66. The smallest absolute Gasteiger partial charge is 0.227 e. The fourth-order valence-corrected chi connectivity index (χ4v) is 3.02. The molecule has 0 bridgehead atoms. The Bertz CT molecular complexity index is 756. The lowest BCUT2D eigenvalue weighted by Gasteiger charge is -2.28. The number of hydrogen-bond acceptors (Lipinski definition) is 4. The van der Waals surface area contributed by atoms with Crippen LogP contribution in [-0.4, -0.2) is 37.1 Å². The van der Waals surface area contributed by atoms with E-state index in [4.69, 9.17) is 4.74 Å². The second-order valence-corrected chi connectivity index (χ2v) is 6.10. The summed E-state index contributed by atoms with van der Waals surface area (Å²) in [7, 11) is 1.84. The summed E-state index contributed by atoms with van der Waals surface area (Å²) in [6.07, 6.45) is 5.22. The van der Waals surface area contributed by atoms with E-state index in [1.807, 2.05) is 31.4 Å². The summed E-state index contributed by atoms with van der Waals surface area (Å²) >= 11 is 0. The van der Waals surface area contributed by atoms with Gasteiger partial charge in [-0.2, -0.15) is 0 Å². The van der Waals surface area contributed by atoms with E-state index in [-0.39, 0.29) is 12.0 Å². The Morgan fingerprint density at radius 3 is 2.83 bits per heavy atom. The number of ether oxygens (including phenoxy) is 1. The standard InChI is InChI=1S/C18H19N3O2/c1-21-17-4-2-12(6-13(17)3-5-18(21)22)14-7-15(9-19-8-14)23-16-10-20-11-16/h2,4,6-9,16,20H,3,5,10-11H2,1H3. The monoisotopic (exact) mass is 309 g/mol. The van der Waals surface area contributed by atoms with E-state index in [0.29, 0.717) is 6.42 Å². The van der Waals surface area contributed by atoms with Gasteiger partial charge in [0.25, 0.3) is 0 Å². The number of nitrogens with one attached hydrogen (secondary N) is 1. The summed E-state index contributed by atoms with van der Waals surface area (Å²) in [6, 6.07) is 8.25. The lowest BCUT2D eigenvalue weighted by atomic mass is 9.97. The lowest BCUT2D eigenvalue weighted by Crippen LogP contribution is -2.50. The maximum absolute atomic E-state index is 11.8. The van der Waals surface area contributed by atoms with Gasteiger partial charge >= 0.3 is 0 Å². The van der Waals surface area contributed by atoms with Gasteiger partial charge in [0.2, 0.25) is 5.91 Å². The molecule has 5 nitrogen and oxygen atoms in total. The molecule has 1 saturated heterocycles. The van der Waals surface area contributed by atoms with Crippen molar-refractivity contribution in [1.29, 1.82) is 0 Å². The van der Waals surface area contributed by atoms with Gasteiger partial charge in [0.05, 0.1) is 6.20 Å². The highest BCUT2D eigenvalue weighted by atomic mass is 16.5. The maximum Gasteiger partial charge on any atom is 0.227 e. The Labute approximate surface area is 135 Å². The Morgan fingerprint density at radius 2 is 2.04 bits per heavy atom. The number of carbonyl (C=O) groups is 1. The van der Waals surface area contributed by atoms with Crippen molar-refractivity contribution in [1.82, 2.24) is 10.3 Å². The van der Waals surface area contributed by atoms with Crippen LogP contribution in [0.3, 0.4) is 0 Å². The third-order valence-electron chi connectivity index (χ3n) is 4.52. The summed E-state index contributed by atoms with van der Waals surface area (Å²) in [6.45, 7) is 1.78. The first-order chi connectivity index (χ1) is 11.2. The summed E-state index contributed by atoms with van der Waals surface area (Å²) < 4.78 is 5.88. The molecule has 0 aliphatic carbocycles. The molecule has 5 heteroatoms. The van der Waals surface area contributed by atoms with Crippen LogP contribution < -0.4 is 15.0 Å². The average Bonchev–Trinajstić information content (AvgIpc) is 2.54. The molecule has 1 aromatic carbocycles. The van der Waals surface area contributed by atoms with Crippen molar-refractivity contribution in [2.75, 3.05) is 25.0 Å². The molecule has 0 unspecified atom stereocenters. The van der Waals surface area contributed by atoms with Gasteiger partial charge in [0, 0.05) is 44.0 Å². The number of benzene rings is 1. The molecule has 2 aliphatic heterocycles. The molecular weight excluding hydrogens is 290 g/mol. The van der Waals surface area contributed by atoms with Gasteiger partial charge in [-0.25, -0.2) is 0 Å². The molecular formula is C18H19N3O2. The average molecular weight is 309 g/mol. The van der Waals surface area contributed by atoms with Gasteiger partial charge in [0.15, 0.2) is 0 Å². The Morgan fingerprint density at radius 1 is 1.17 bits per heavy atom. The minimum Gasteiger partial charge on any atom is -0.486 e. The van der Waals surface area contributed by atoms with Crippen molar-refractivity contribution in [3.8, 4) is 16.9 Å². The molecule has 0 saturated carbocycles. The first-order valence-corrected chi connectivity index (χ1v) is 7.93. The predicted octanol–water partition coefficient (Wildman–Crippen LogP) is 2.01. The molecule has 2 aliphatic rings. The van der Waals surface area contributed by atoms with Crippen LogP contribution in [0, 0.1) is 0 Å². The zero-order valence-electron chi connectivity index (χ0n) is 13.1. The first kappa shape index (κ1) is 14.2. The van der Waals surface area contributed by atoms with Crippen LogP contribution in [0.2, 0.25) is 0 Å². The van der Waals surface area contributed by atoms with Gasteiger partial charge in [0.1, 0.15) is 11.9 Å². The number of amides is 1. The highest BCUT2D eigenvalue weighted by Crippen LogP contribution is 2.32. The van der Waals surface area contributed by atoms with Crippen LogP contribution >= 0.6 is 0 Å². The van der Waals surface area contributed by atoms with Crippen molar-refractivity contribution in [3.63, 3.8) is 0 Å². The fourth-order valence-electron chi connectivity index (χ4n) is 3.02. The van der Waals surface area contributed by atoms with Crippen LogP contribution in [-0.2, 0) is 11.2 Å². The minimum absolute atomic E-state index is 0.177. The SMILES string of the molecule is CN1C(=O)CCc2cc(-c3cncc(OC4CNC4)c3)ccc21. The largest absolute Gasteiger partial charge is 0.486 e. The molecule has 1 aromatic heterocycles. The second-order valence-electron chi connectivity index (χ2n) is 6.10. The van der Waals surface area contributed by atoms with Crippen LogP contribution in [0.25, 0.3) is 11.1 Å². The number of fused-ring (bicyclic) bond motifs is 1. The molecule has 118 valence electrons. The third kappa shape index (κ3) is 2.68. The van der Waals surface area contributed by atoms with Crippen molar-refractivity contribution in [3.05, 3.63) is 42.2 Å². The van der Waals surface area contributed by atoms with E-state index in [2.05, 4.69) is 16.4 Å². The highest BCUT2D eigenvalue weighted by Gasteiger charge is 2.21. The third-order valence-corrected chi connectivity index (χ3v) is 4.52. The number of nitrogens with zero attached hydrogens (tertiary/aromatic N) is 2. The van der Waals surface area contributed by atoms with E-state index >= 15 is 0 Å². The molecule has 1 fully saturated rings. The van der Waals surface area contributed by atoms with Gasteiger partial charge in [-0.1, -0.05) is 6.07 Å². The van der Waals surface area contributed by atoms with Crippen LogP contribution in [0.5, 0.6) is 5.75 Å². The molecule has 0 atom stereocenters. The number of hydrogen-bond donors (Lipinski definition) is 1. The molecule has 3 heterocycles. The molecule has 1 N–H and O–H groups in total. The molecule has 4 rings (SSSR count). The number of rotatable bonds is 3. The van der Waals surface area contributed by atoms with E-state index in [0.717, 1.165) is 42.1 Å². The number of aromatic nitrogens is 1. The van der Waals surface area contributed by atoms with Crippen molar-refractivity contribution in [2.24, 2.45) is 0 Å². The normalized spacial score (nSPS) is 17.6. The number of carbonyl (C=O) groups excluding carboxylic acids is 1. The number of pyridine rings is 1. The molecule has 23 heavy (non-hydrogen) atoms. The predicted molar refractivity (Wildman–Crippen MR) is 88.7 cm³/mol. The zero-order chi connectivity index (χ0) is 15.8. The molecule has 2 aromatic rings. The minimum atomic E-state index is 0.177. The summed E-state index contributed by atoms with van der Waals surface area (Å²) in [4.78, 5) is 17.8. The van der Waals surface area contributed by atoms with E-state index in [1.54, 1.807) is 11.1 Å². The first-order valence-electron chi connectivity index (χ1n) is 7.93. The van der Waals surface area contributed by atoms with Crippen molar-refractivity contribution in [2.45, 2.75) is 18.9 Å². The van der Waals surface area contributed by atoms with E-state index in [9.17, 15) is 4.79 Å². The van der Waals surface area contributed by atoms with Gasteiger partial charge in [-0.15, -0.1) is 0 Å². The Balaban J connectivity index is 1.63. The summed E-state index contributed by atoms with van der Waals surface area (Å²) in [5.74, 6) is 0.982. The van der Waals surface area contributed by atoms with Gasteiger partial charge in [-0.3, -0.25) is 9.78 Å². The maximum atomic E-state index is 11.8. The Hall–Kier alpha value is -2.40. The molecule has 0 spiro atoms. The zero-order valence-corrected chi connectivity index (χ0v) is 13.1. The topological polar surface area (TPSA) is 54.5 Å². The summed E-state index contributed by atoms with van der Waals surface area (Å²) in [5, 5.41) is 3.19. The highest BCUT2D eigenvalue weighted by molar-refractivity contribution is 5.96. The number of aryl methyl sites for hydroxylation is 1. The lowest BCUT2D eigenvalue weighted by molar-refractivity contribution is -0.118. The van der Waals surface area contributed by atoms with Gasteiger partial charge < -0.3 is 15.0 Å². The molecule has 1 amide bonds. The number of anilines is 1. The molecule has 0 radical (unpaired) electrons. The van der Waals surface area contributed by atoms with E-state index < -0.39 is 0 Å². The fraction of sp³-hybridized carbons (Fsp3) is 0.333. The van der Waals surface area contributed by atoms with Crippen molar-refractivity contribution < 1.29 is 9.53 Å². The Kier molecular flexibility index (Phi) is 3.50. The van der Waals surface area contributed by atoms with Crippen LogP contribution in [0.15, 0.2) is 36.7 Å². The van der Waals surface area contributed by atoms with Crippen molar-refractivity contribution >= 4 is 11.6 Å². The van der Waals surface area contributed by atoms with E-state index in [1.165, 1.54) is 5.56 Å². The van der Waals surface area contributed by atoms with Gasteiger partial charge in [-0.05, 0) is 35.7 Å².